The fourth-order valence-corrected chi connectivity index (χ4v) is 3.32. The summed E-state index contributed by atoms with van der Waals surface area (Å²) in [6.45, 7) is 5.01. The zero-order valence-electron chi connectivity index (χ0n) is 15.0. The van der Waals surface area contributed by atoms with Crippen molar-refractivity contribution in [2.45, 2.75) is 26.2 Å². The third kappa shape index (κ3) is 4.74. The van der Waals surface area contributed by atoms with Crippen LogP contribution in [0.25, 0.3) is 6.08 Å². The third-order valence-corrected chi connectivity index (χ3v) is 4.79. The summed E-state index contributed by atoms with van der Waals surface area (Å²) in [6, 6.07) is 7.87. The number of ether oxygens (including phenoxy) is 1. The van der Waals surface area contributed by atoms with E-state index in [1.54, 1.807) is 6.21 Å². The van der Waals surface area contributed by atoms with Gasteiger partial charge >= 0.3 is 0 Å². The van der Waals surface area contributed by atoms with Gasteiger partial charge in [0.05, 0.1) is 19.4 Å². The number of nitrogens with zero attached hydrogens (tertiary/aromatic N) is 2. The quantitative estimate of drug-likeness (QED) is 0.633. The average molecular weight is 374 g/mol. The number of benzene rings is 1. The van der Waals surface area contributed by atoms with Crippen LogP contribution in [-0.4, -0.2) is 43.3 Å². The second-order valence-corrected chi connectivity index (χ2v) is 6.78. The number of hydrogen-bond acceptors (Lipinski definition) is 4. The van der Waals surface area contributed by atoms with Gasteiger partial charge in [-0.25, -0.2) is 5.43 Å². The number of allylic oxidation sites excluding steroid dienone is 2. The molecule has 2 aliphatic rings. The van der Waals surface area contributed by atoms with E-state index in [1.165, 1.54) is 11.3 Å². The molecule has 0 spiro atoms. The first-order valence-corrected chi connectivity index (χ1v) is 9.39. The number of morpholine rings is 1. The molecular formula is C20H24ClN3O2. The highest BCUT2D eigenvalue weighted by molar-refractivity contribution is 6.30. The van der Waals surface area contributed by atoms with Gasteiger partial charge in [0.25, 0.3) is 0 Å². The molecule has 1 aromatic rings. The first kappa shape index (κ1) is 18.7. The summed E-state index contributed by atoms with van der Waals surface area (Å²) in [6.07, 6.45) is 6.30. The van der Waals surface area contributed by atoms with Crippen molar-refractivity contribution in [3.8, 4) is 0 Å². The lowest BCUT2D eigenvalue weighted by Gasteiger charge is -2.31. The Morgan fingerprint density at radius 3 is 2.69 bits per heavy atom. The summed E-state index contributed by atoms with van der Waals surface area (Å²) < 4.78 is 5.50. The highest BCUT2D eigenvalue weighted by Crippen LogP contribution is 2.35. The highest BCUT2D eigenvalue weighted by Gasteiger charge is 2.25. The Labute approximate surface area is 159 Å². The summed E-state index contributed by atoms with van der Waals surface area (Å²) in [7, 11) is 0. The third-order valence-electron chi connectivity index (χ3n) is 4.54. The maximum atomic E-state index is 11.4. The number of carbonyl (C=O) groups is 1. The van der Waals surface area contributed by atoms with Crippen molar-refractivity contribution in [2.75, 3.05) is 26.3 Å². The minimum absolute atomic E-state index is 0.0790. The van der Waals surface area contributed by atoms with E-state index in [0.717, 1.165) is 55.3 Å². The van der Waals surface area contributed by atoms with Crippen LogP contribution < -0.4 is 5.43 Å². The lowest BCUT2D eigenvalue weighted by molar-refractivity contribution is -0.120. The van der Waals surface area contributed by atoms with E-state index in [-0.39, 0.29) is 5.91 Å². The molecule has 1 amide bonds. The van der Waals surface area contributed by atoms with E-state index in [4.69, 9.17) is 16.3 Å². The molecule has 1 aliphatic carbocycles. The van der Waals surface area contributed by atoms with Gasteiger partial charge in [0, 0.05) is 30.2 Å². The van der Waals surface area contributed by atoms with E-state index in [0.29, 0.717) is 6.42 Å². The van der Waals surface area contributed by atoms with Crippen molar-refractivity contribution in [1.82, 2.24) is 10.3 Å². The maximum Gasteiger partial charge on any atom is 0.239 e. The van der Waals surface area contributed by atoms with E-state index in [1.807, 2.05) is 31.2 Å². The summed E-state index contributed by atoms with van der Waals surface area (Å²) in [5.41, 5.74) is 7.37. The van der Waals surface area contributed by atoms with Crippen molar-refractivity contribution < 1.29 is 9.53 Å². The first-order valence-electron chi connectivity index (χ1n) is 9.01. The van der Waals surface area contributed by atoms with Crippen LogP contribution in [0, 0.1) is 0 Å². The summed E-state index contributed by atoms with van der Waals surface area (Å²) in [5, 5.41) is 4.88. The van der Waals surface area contributed by atoms with E-state index in [2.05, 4.69) is 21.5 Å². The monoisotopic (exact) mass is 373 g/mol. The van der Waals surface area contributed by atoms with Gasteiger partial charge in [0.1, 0.15) is 0 Å². The average Bonchev–Trinajstić information content (AvgIpc) is 3.06. The zero-order chi connectivity index (χ0) is 18.4. The van der Waals surface area contributed by atoms with E-state index < -0.39 is 0 Å². The number of halogens is 1. The summed E-state index contributed by atoms with van der Waals surface area (Å²) >= 11 is 5.99. The number of hydrazone groups is 1. The van der Waals surface area contributed by atoms with Crippen molar-refractivity contribution in [3.63, 3.8) is 0 Å². The molecular weight excluding hydrogens is 350 g/mol. The Morgan fingerprint density at radius 1 is 1.27 bits per heavy atom. The predicted octanol–water partition coefficient (Wildman–Crippen LogP) is 3.62. The Morgan fingerprint density at radius 2 is 2.00 bits per heavy atom. The van der Waals surface area contributed by atoms with Crippen LogP contribution in [0.2, 0.25) is 5.02 Å². The molecule has 0 radical (unpaired) electrons. The van der Waals surface area contributed by atoms with Crippen LogP contribution in [0.3, 0.4) is 0 Å². The number of nitrogens with one attached hydrogen (secondary N) is 1. The van der Waals surface area contributed by atoms with Crippen molar-refractivity contribution in [1.29, 1.82) is 0 Å². The van der Waals surface area contributed by atoms with Gasteiger partial charge < -0.3 is 9.64 Å². The maximum absolute atomic E-state index is 11.4. The molecule has 1 fully saturated rings. The lowest BCUT2D eigenvalue weighted by Crippen LogP contribution is -2.36. The Kier molecular flexibility index (Phi) is 6.47. The van der Waals surface area contributed by atoms with Crippen molar-refractivity contribution in [3.05, 3.63) is 51.7 Å². The molecule has 3 rings (SSSR count). The molecule has 0 saturated carbocycles. The van der Waals surface area contributed by atoms with Crippen LogP contribution in [0.15, 0.2) is 46.2 Å². The predicted molar refractivity (Wildman–Crippen MR) is 105 cm³/mol. The second-order valence-electron chi connectivity index (χ2n) is 6.34. The van der Waals surface area contributed by atoms with Crippen LogP contribution in [0.1, 0.15) is 31.7 Å². The fourth-order valence-electron chi connectivity index (χ4n) is 3.19. The number of carbonyl (C=O) groups excluding carboxylic acids is 1. The number of rotatable bonds is 5. The van der Waals surface area contributed by atoms with Crippen molar-refractivity contribution in [2.24, 2.45) is 5.10 Å². The van der Waals surface area contributed by atoms with Gasteiger partial charge in [0.15, 0.2) is 0 Å². The Balaban J connectivity index is 1.88. The molecule has 1 aliphatic heterocycles. The van der Waals surface area contributed by atoms with Gasteiger partial charge in [0.2, 0.25) is 5.91 Å². The van der Waals surface area contributed by atoms with Crippen LogP contribution in [0.5, 0.6) is 0 Å². The molecule has 0 aromatic heterocycles. The van der Waals surface area contributed by atoms with Crippen LogP contribution in [-0.2, 0) is 9.53 Å². The van der Waals surface area contributed by atoms with Gasteiger partial charge in [-0.2, -0.15) is 5.10 Å². The molecule has 0 bridgehead atoms. The minimum Gasteiger partial charge on any atom is -0.378 e. The second kappa shape index (κ2) is 9.01. The molecule has 1 N–H and O–H groups in total. The van der Waals surface area contributed by atoms with Crippen LogP contribution >= 0.6 is 11.6 Å². The molecule has 1 saturated heterocycles. The smallest absolute Gasteiger partial charge is 0.239 e. The van der Waals surface area contributed by atoms with Gasteiger partial charge in [-0.15, -0.1) is 0 Å². The topological polar surface area (TPSA) is 53.9 Å². The molecule has 6 heteroatoms. The van der Waals surface area contributed by atoms with Gasteiger partial charge in [-0.1, -0.05) is 30.7 Å². The van der Waals surface area contributed by atoms with Crippen LogP contribution in [0.4, 0.5) is 0 Å². The molecule has 138 valence electrons. The molecule has 1 heterocycles. The molecule has 26 heavy (non-hydrogen) atoms. The Bertz CT molecular complexity index is 732. The zero-order valence-corrected chi connectivity index (χ0v) is 15.8. The van der Waals surface area contributed by atoms with Gasteiger partial charge in [-0.05, 0) is 47.8 Å². The SMILES string of the molecule is CCC(=O)N/N=C/C1=C(N2CCOCC2)C(=C/c2ccc(Cl)cc2)/CC1. The van der Waals surface area contributed by atoms with Gasteiger partial charge in [-0.3, -0.25) is 4.79 Å². The first-order chi connectivity index (χ1) is 12.7. The lowest BCUT2D eigenvalue weighted by atomic mass is 10.1. The normalized spacial score (nSPS) is 19.6. The minimum atomic E-state index is -0.0790. The number of amides is 1. The van der Waals surface area contributed by atoms with E-state index >= 15 is 0 Å². The molecule has 1 aromatic carbocycles. The number of hydrogen-bond donors (Lipinski definition) is 1. The standard InChI is InChI=1S/C20H24ClN3O2/c1-2-19(25)23-22-14-17-6-5-16(13-15-3-7-18(21)8-4-15)20(17)24-9-11-26-12-10-24/h3-4,7-8,13-14H,2,5-6,9-12H2,1H3,(H,23,25)/b16-13+,22-14+. The fraction of sp³-hybridized carbons (Fsp3) is 0.400. The van der Waals surface area contributed by atoms with Crippen molar-refractivity contribution >= 4 is 29.8 Å². The van der Waals surface area contributed by atoms with E-state index in [9.17, 15) is 4.79 Å². The molecule has 0 unspecified atom stereocenters. The summed E-state index contributed by atoms with van der Waals surface area (Å²) in [5.74, 6) is -0.0790. The Hall–Kier alpha value is -2.11. The molecule has 5 nitrogen and oxygen atoms in total. The largest absolute Gasteiger partial charge is 0.378 e. The summed E-state index contributed by atoms with van der Waals surface area (Å²) in [4.78, 5) is 13.8. The highest BCUT2D eigenvalue weighted by atomic mass is 35.5. The molecule has 0 atom stereocenters.